The van der Waals surface area contributed by atoms with Crippen LogP contribution in [0.4, 0.5) is 0 Å². The Labute approximate surface area is 115 Å². The topological polar surface area (TPSA) is 65.1 Å². The molecule has 2 unspecified atom stereocenters. The van der Waals surface area contributed by atoms with E-state index >= 15 is 0 Å². The van der Waals surface area contributed by atoms with Crippen LogP contribution in [0.5, 0.6) is 0 Å². The fourth-order valence-electron chi connectivity index (χ4n) is 2.31. The quantitative estimate of drug-likeness (QED) is 0.741. The summed E-state index contributed by atoms with van der Waals surface area (Å²) in [5.74, 6) is 0.458. The number of rotatable bonds is 4. The Kier molecular flexibility index (Phi) is 4.53. The molecule has 1 aliphatic carbocycles. The van der Waals surface area contributed by atoms with Crippen LogP contribution in [0.1, 0.15) is 29.8 Å². The molecule has 1 fully saturated rings. The molecule has 0 radical (unpaired) electrons. The second-order valence-electron chi connectivity index (χ2n) is 4.88. The Morgan fingerprint density at radius 3 is 2.94 bits per heavy atom. The van der Waals surface area contributed by atoms with Crippen molar-refractivity contribution in [1.82, 2.24) is 10.3 Å². The van der Waals surface area contributed by atoms with Crippen LogP contribution in [0, 0.1) is 16.8 Å². The standard InChI is InChI=1S/C12H18N2O2S2/c1-7-10(18-12(17)14-7)5-11(16)13-6-8-2-3-9(15)4-8/h8-9,15H,2-6H2,1H3,(H,13,16)(H,14,17). The number of aryl methyl sites for hydroxylation is 1. The summed E-state index contributed by atoms with van der Waals surface area (Å²) in [6, 6.07) is 0. The van der Waals surface area contributed by atoms with Gasteiger partial charge in [-0.3, -0.25) is 4.79 Å². The number of amides is 1. The van der Waals surface area contributed by atoms with E-state index in [1.165, 1.54) is 11.3 Å². The molecular formula is C12H18N2O2S2. The van der Waals surface area contributed by atoms with Crippen LogP contribution in [0.3, 0.4) is 0 Å². The lowest BCUT2D eigenvalue weighted by Crippen LogP contribution is -2.29. The van der Waals surface area contributed by atoms with Crippen molar-refractivity contribution in [3.63, 3.8) is 0 Å². The first-order chi connectivity index (χ1) is 8.54. The summed E-state index contributed by atoms with van der Waals surface area (Å²) in [5.41, 5.74) is 0.983. The van der Waals surface area contributed by atoms with E-state index in [4.69, 9.17) is 12.2 Å². The van der Waals surface area contributed by atoms with Crippen molar-refractivity contribution in [2.24, 2.45) is 5.92 Å². The number of hydrogen-bond donors (Lipinski definition) is 3. The van der Waals surface area contributed by atoms with Crippen LogP contribution < -0.4 is 5.32 Å². The summed E-state index contributed by atoms with van der Waals surface area (Å²) in [5, 5.41) is 12.4. The number of aromatic nitrogens is 1. The number of nitrogens with one attached hydrogen (secondary N) is 2. The molecule has 1 saturated carbocycles. The zero-order valence-corrected chi connectivity index (χ0v) is 12.0. The molecule has 0 aromatic carbocycles. The maximum Gasteiger partial charge on any atom is 0.225 e. The fraction of sp³-hybridized carbons (Fsp3) is 0.667. The molecule has 2 atom stereocenters. The van der Waals surface area contributed by atoms with E-state index in [2.05, 4.69) is 10.3 Å². The second kappa shape index (κ2) is 5.95. The van der Waals surface area contributed by atoms with Gasteiger partial charge in [0.1, 0.15) is 0 Å². The number of hydrogen-bond acceptors (Lipinski definition) is 4. The van der Waals surface area contributed by atoms with Gasteiger partial charge in [0.25, 0.3) is 0 Å². The first kappa shape index (κ1) is 13.7. The lowest BCUT2D eigenvalue weighted by Gasteiger charge is -2.10. The zero-order valence-electron chi connectivity index (χ0n) is 10.4. The van der Waals surface area contributed by atoms with Gasteiger partial charge in [0.05, 0.1) is 12.5 Å². The molecule has 4 nitrogen and oxygen atoms in total. The van der Waals surface area contributed by atoms with Gasteiger partial charge in [0, 0.05) is 17.1 Å². The van der Waals surface area contributed by atoms with Crippen molar-refractivity contribution in [2.75, 3.05) is 6.54 Å². The summed E-state index contributed by atoms with van der Waals surface area (Å²) in [6.07, 6.45) is 2.88. The SMILES string of the molecule is Cc1[nH]c(=S)sc1CC(=O)NCC1CCC(O)C1. The van der Waals surface area contributed by atoms with Crippen molar-refractivity contribution in [3.8, 4) is 0 Å². The number of aliphatic hydroxyl groups is 1. The predicted molar refractivity (Wildman–Crippen MR) is 74.3 cm³/mol. The highest BCUT2D eigenvalue weighted by Crippen LogP contribution is 2.24. The lowest BCUT2D eigenvalue weighted by molar-refractivity contribution is -0.120. The van der Waals surface area contributed by atoms with Gasteiger partial charge in [0.2, 0.25) is 5.91 Å². The van der Waals surface area contributed by atoms with E-state index in [-0.39, 0.29) is 12.0 Å². The summed E-state index contributed by atoms with van der Waals surface area (Å²) in [7, 11) is 0. The summed E-state index contributed by atoms with van der Waals surface area (Å²) in [4.78, 5) is 15.8. The maximum absolute atomic E-state index is 11.8. The van der Waals surface area contributed by atoms with E-state index < -0.39 is 0 Å². The lowest BCUT2D eigenvalue weighted by atomic mass is 10.1. The minimum absolute atomic E-state index is 0.0322. The molecule has 1 aromatic rings. The number of thiazole rings is 1. The Hall–Kier alpha value is -0.720. The number of carbonyl (C=O) groups excluding carboxylic acids is 1. The molecule has 1 aliphatic rings. The molecule has 6 heteroatoms. The van der Waals surface area contributed by atoms with Crippen LogP contribution >= 0.6 is 23.6 Å². The Balaban J connectivity index is 1.79. The number of aromatic amines is 1. The van der Waals surface area contributed by atoms with E-state index in [1.54, 1.807) is 0 Å². The first-order valence-corrected chi connectivity index (χ1v) is 7.40. The Bertz CT molecular complexity index is 481. The molecule has 0 bridgehead atoms. The van der Waals surface area contributed by atoms with E-state index in [0.717, 1.165) is 29.8 Å². The highest BCUT2D eigenvalue weighted by atomic mass is 32.1. The third-order valence-electron chi connectivity index (χ3n) is 3.35. The predicted octanol–water partition coefficient (Wildman–Crippen LogP) is 1.93. The van der Waals surface area contributed by atoms with Crippen molar-refractivity contribution in [2.45, 2.75) is 38.7 Å². The van der Waals surface area contributed by atoms with E-state index in [1.807, 2.05) is 6.92 Å². The number of H-pyrrole nitrogens is 1. The average molecular weight is 286 g/mol. The highest BCUT2D eigenvalue weighted by molar-refractivity contribution is 7.73. The third kappa shape index (κ3) is 3.63. The fourth-order valence-corrected chi connectivity index (χ4v) is 3.60. The molecule has 0 spiro atoms. The van der Waals surface area contributed by atoms with Crippen LogP contribution in [0.25, 0.3) is 0 Å². The molecule has 0 aliphatic heterocycles. The second-order valence-corrected chi connectivity index (χ2v) is 6.65. The van der Waals surface area contributed by atoms with Crippen molar-refractivity contribution >= 4 is 29.5 Å². The summed E-state index contributed by atoms with van der Waals surface area (Å²) < 4.78 is 0.717. The molecule has 100 valence electrons. The molecule has 1 amide bonds. The average Bonchev–Trinajstić information content (AvgIpc) is 2.83. The van der Waals surface area contributed by atoms with Gasteiger partial charge in [-0.1, -0.05) is 0 Å². The summed E-state index contributed by atoms with van der Waals surface area (Å²) >= 11 is 6.50. The van der Waals surface area contributed by atoms with Crippen molar-refractivity contribution in [1.29, 1.82) is 0 Å². The van der Waals surface area contributed by atoms with Crippen molar-refractivity contribution in [3.05, 3.63) is 14.5 Å². The minimum Gasteiger partial charge on any atom is -0.393 e. The Morgan fingerprint density at radius 2 is 2.39 bits per heavy atom. The van der Waals surface area contributed by atoms with Gasteiger partial charge in [-0.15, -0.1) is 11.3 Å². The van der Waals surface area contributed by atoms with Gasteiger partial charge >= 0.3 is 0 Å². The molecular weight excluding hydrogens is 268 g/mol. The largest absolute Gasteiger partial charge is 0.393 e. The molecule has 1 aromatic heterocycles. The zero-order chi connectivity index (χ0) is 13.1. The maximum atomic E-state index is 11.8. The number of aliphatic hydroxyl groups excluding tert-OH is 1. The van der Waals surface area contributed by atoms with Crippen LogP contribution in [-0.2, 0) is 11.2 Å². The minimum atomic E-state index is -0.177. The van der Waals surface area contributed by atoms with Crippen molar-refractivity contribution < 1.29 is 9.90 Å². The van der Waals surface area contributed by atoms with Crippen LogP contribution in [0.15, 0.2) is 0 Å². The van der Waals surface area contributed by atoms with Gasteiger partial charge in [0.15, 0.2) is 3.95 Å². The summed E-state index contributed by atoms with van der Waals surface area (Å²) in [6.45, 7) is 2.60. The molecule has 18 heavy (non-hydrogen) atoms. The molecule has 2 rings (SSSR count). The van der Waals surface area contributed by atoms with E-state index in [9.17, 15) is 9.90 Å². The normalized spacial score (nSPS) is 23.2. The molecule has 0 saturated heterocycles. The van der Waals surface area contributed by atoms with Crippen LogP contribution in [0.2, 0.25) is 0 Å². The number of carbonyl (C=O) groups is 1. The van der Waals surface area contributed by atoms with Gasteiger partial charge in [-0.25, -0.2) is 0 Å². The molecule has 3 N–H and O–H groups in total. The molecule has 1 heterocycles. The third-order valence-corrected chi connectivity index (χ3v) is 4.68. The van der Waals surface area contributed by atoms with Gasteiger partial charge < -0.3 is 15.4 Å². The van der Waals surface area contributed by atoms with E-state index in [0.29, 0.717) is 22.8 Å². The highest BCUT2D eigenvalue weighted by Gasteiger charge is 2.23. The monoisotopic (exact) mass is 286 g/mol. The smallest absolute Gasteiger partial charge is 0.225 e. The Morgan fingerprint density at radius 1 is 1.61 bits per heavy atom. The van der Waals surface area contributed by atoms with Gasteiger partial charge in [-0.2, -0.15) is 0 Å². The first-order valence-electron chi connectivity index (χ1n) is 6.18. The van der Waals surface area contributed by atoms with Crippen LogP contribution in [-0.4, -0.2) is 28.6 Å². The van der Waals surface area contributed by atoms with Gasteiger partial charge in [-0.05, 0) is 44.3 Å².